The molecule has 1 aromatic heterocycles. The Morgan fingerprint density at radius 1 is 1.38 bits per heavy atom. The molecule has 2 rings (SSSR count). The van der Waals surface area contributed by atoms with Gasteiger partial charge in [-0.25, -0.2) is 4.79 Å². The molecule has 0 radical (unpaired) electrons. The van der Waals surface area contributed by atoms with Crippen molar-refractivity contribution in [3.8, 4) is 0 Å². The fourth-order valence-electron chi connectivity index (χ4n) is 1.20. The summed E-state index contributed by atoms with van der Waals surface area (Å²) in [6.07, 6.45) is 0.448. The minimum Gasteiger partial charge on any atom is -0.474 e. The van der Waals surface area contributed by atoms with Gasteiger partial charge in [0, 0.05) is 10.9 Å². The zero-order valence-corrected chi connectivity index (χ0v) is 9.64. The van der Waals surface area contributed by atoms with Crippen molar-refractivity contribution in [1.82, 2.24) is 10.1 Å². The lowest BCUT2D eigenvalue weighted by molar-refractivity contribution is 0.0643. The summed E-state index contributed by atoms with van der Waals surface area (Å²) >= 11 is 3.33. The van der Waals surface area contributed by atoms with Crippen molar-refractivity contribution in [3.05, 3.63) is 46.0 Å². The second-order valence-corrected chi connectivity index (χ2v) is 4.04. The predicted molar refractivity (Wildman–Crippen MR) is 58.2 cm³/mol. The molecule has 82 valence electrons. The monoisotopic (exact) mass is 282 g/mol. The number of aromatic nitrogens is 2. The summed E-state index contributed by atoms with van der Waals surface area (Å²) in [4.78, 5) is 14.2. The molecule has 0 spiro atoms. The lowest BCUT2D eigenvalue weighted by Crippen LogP contribution is -1.97. The van der Waals surface area contributed by atoms with Crippen LogP contribution in [-0.2, 0) is 6.42 Å². The highest BCUT2D eigenvalue weighted by molar-refractivity contribution is 9.10. The van der Waals surface area contributed by atoms with Gasteiger partial charge in [-0.1, -0.05) is 33.2 Å². The molecule has 0 atom stereocenters. The van der Waals surface area contributed by atoms with Crippen LogP contribution in [0, 0.1) is 0 Å². The largest absolute Gasteiger partial charge is 0.474 e. The summed E-state index contributed by atoms with van der Waals surface area (Å²) in [7, 11) is 0. The van der Waals surface area contributed by atoms with Crippen molar-refractivity contribution in [3.63, 3.8) is 0 Å². The number of carboxylic acid groups (broad SMARTS) is 1. The van der Waals surface area contributed by atoms with Gasteiger partial charge in [-0.15, -0.1) is 0 Å². The summed E-state index contributed by atoms with van der Waals surface area (Å²) in [5, 5.41) is 12.2. The number of aromatic carboxylic acids is 1. The summed E-state index contributed by atoms with van der Waals surface area (Å²) in [6.45, 7) is 0. The van der Waals surface area contributed by atoms with Gasteiger partial charge in [0.15, 0.2) is 5.82 Å². The standard InChI is InChI=1S/C10H7BrN2O3/c11-7-3-1-6(2-4-7)5-8-12-9(10(14)15)16-13-8/h1-4H,5H2,(H,14,15). The number of hydrogen-bond donors (Lipinski definition) is 1. The number of nitrogens with zero attached hydrogens (tertiary/aromatic N) is 2. The zero-order valence-electron chi connectivity index (χ0n) is 8.05. The molecule has 6 heteroatoms. The summed E-state index contributed by atoms with van der Waals surface area (Å²) in [5.41, 5.74) is 0.987. The van der Waals surface area contributed by atoms with Crippen LogP contribution in [0.5, 0.6) is 0 Å². The third kappa shape index (κ3) is 2.46. The average molecular weight is 283 g/mol. The predicted octanol–water partition coefficient (Wildman–Crippen LogP) is 2.12. The lowest BCUT2D eigenvalue weighted by Gasteiger charge is -1.96. The molecular weight excluding hydrogens is 276 g/mol. The smallest absolute Gasteiger partial charge is 0.394 e. The highest BCUT2D eigenvalue weighted by Crippen LogP contribution is 2.12. The van der Waals surface area contributed by atoms with Gasteiger partial charge in [-0.05, 0) is 17.7 Å². The Morgan fingerprint density at radius 3 is 2.62 bits per heavy atom. The first kappa shape index (κ1) is 10.8. The van der Waals surface area contributed by atoms with Crippen LogP contribution >= 0.6 is 15.9 Å². The van der Waals surface area contributed by atoms with Crippen LogP contribution in [0.4, 0.5) is 0 Å². The van der Waals surface area contributed by atoms with Gasteiger partial charge >= 0.3 is 11.9 Å². The quantitative estimate of drug-likeness (QED) is 0.933. The Hall–Kier alpha value is -1.69. The highest BCUT2D eigenvalue weighted by Gasteiger charge is 2.13. The van der Waals surface area contributed by atoms with Crippen LogP contribution in [0.15, 0.2) is 33.3 Å². The van der Waals surface area contributed by atoms with E-state index in [2.05, 4.69) is 30.6 Å². The maximum Gasteiger partial charge on any atom is 0.394 e. The molecule has 0 unspecified atom stereocenters. The molecule has 1 heterocycles. The van der Waals surface area contributed by atoms with Crippen molar-refractivity contribution < 1.29 is 14.4 Å². The number of hydrogen-bond acceptors (Lipinski definition) is 4. The minimum atomic E-state index is -1.21. The fraction of sp³-hybridized carbons (Fsp3) is 0.100. The van der Waals surface area contributed by atoms with E-state index < -0.39 is 5.97 Å². The van der Waals surface area contributed by atoms with Crippen molar-refractivity contribution >= 4 is 21.9 Å². The third-order valence-corrected chi connectivity index (χ3v) is 2.46. The second-order valence-electron chi connectivity index (χ2n) is 3.12. The molecule has 0 aliphatic rings. The maximum atomic E-state index is 10.5. The molecule has 16 heavy (non-hydrogen) atoms. The van der Waals surface area contributed by atoms with E-state index in [1.165, 1.54) is 0 Å². The number of carbonyl (C=O) groups is 1. The second kappa shape index (κ2) is 4.44. The van der Waals surface area contributed by atoms with Crippen LogP contribution in [0.3, 0.4) is 0 Å². The first-order chi connectivity index (χ1) is 7.65. The number of carboxylic acids is 1. The van der Waals surface area contributed by atoms with Crippen molar-refractivity contribution in [2.45, 2.75) is 6.42 Å². The number of benzene rings is 1. The average Bonchev–Trinajstić information content (AvgIpc) is 2.70. The van der Waals surface area contributed by atoms with Crippen molar-refractivity contribution in [1.29, 1.82) is 0 Å². The molecule has 1 aromatic carbocycles. The topological polar surface area (TPSA) is 76.2 Å². The molecule has 0 aliphatic heterocycles. The summed E-state index contributed by atoms with van der Waals surface area (Å²) < 4.78 is 5.53. The van der Waals surface area contributed by atoms with Crippen LogP contribution in [0.2, 0.25) is 0 Å². The Balaban J connectivity index is 2.14. The zero-order chi connectivity index (χ0) is 11.5. The summed E-state index contributed by atoms with van der Waals surface area (Å²) in [6, 6.07) is 7.60. The fourth-order valence-corrected chi connectivity index (χ4v) is 1.46. The van der Waals surface area contributed by atoms with E-state index in [1.807, 2.05) is 24.3 Å². The van der Waals surface area contributed by atoms with Gasteiger partial charge in [-0.2, -0.15) is 4.98 Å². The SMILES string of the molecule is O=C(O)c1nc(Cc2ccc(Br)cc2)no1. The Bertz CT molecular complexity index is 507. The first-order valence-electron chi connectivity index (χ1n) is 4.45. The molecular formula is C10H7BrN2O3. The number of rotatable bonds is 3. The van der Waals surface area contributed by atoms with Crippen LogP contribution in [0.25, 0.3) is 0 Å². The van der Waals surface area contributed by atoms with Crippen LogP contribution in [0.1, 0.15) is 22.1 Å². The van der Waals surface area contributed by atoms with E-state index in [9.17, 15) is 4.79 Å². The van der Waals surface area contributed by atoms with Gasteiger partial charge in [0.05, 0.1) is 0 Å². The lowest BCUT2D eigenvalue weighted by atomic mass is 10.1. The van der Waals surface area contributed by atoms with Crippen molar-refractivity contribution in [2.24, 2.45) is 0 Å². The molecule has 0 amide bonds. The van der Waals surface area contributed by atoms with Gasteiger partial charge in [0.2, 0.25) is 0 Å². The van der Waals surface area contributed by atoms with Gasteiger partial charge in [-0.3, -0.25) is 0 Å². The third-order valence-electron chi connectivity index (χ3n) is 1.93. The van der Waals surface area contributed by atoms with Gasteiger partial charge in [0.1, 0.15) is 0 Å². The number of halogens is 1. The maximum absolute atomic E-state index is 10.5. The van der Waals surface area contributed by atoms with E-state index in [-0.39, 0.29) is 5.89 Å². The van der Waals surface area contributed by atoms with Gasteiger partial charge in [0.25, 0.3) is 0 Å². The van der Waals surface area contributed by atoms with E-state index in [4.69, 9.17) is 5.11 Å². The minimum absolute atomic E-state index is 0.361. The normalized spacial score (nSPS) is 10.3. The Labute approximate surface area is 99.2 Å². The summed E-state index contributed by atoms with van der Waals surface area (Å²) in [5.74, 6) is -1.23. The Morgan fingerprint density at radius 2 is 2.06 bits per heavy atom. The van der Waals surface area contributed by atoms with E-state index in [0.29, 0.717) is 12.2 Å². The molecule has 2 aromatic rings. The molecule has 0 aliphatic carbocycles. The molecule has 0 saturated heterocycles. The molecule has 0 saturated carbocycles. The molecule has 0 bridgehead atoms. The van der Waals surface area contributed by atoms with Crippen molar-refractivity contribution in [2.75, 3.05) is 0 Å². The molecule has 5 nitrogen and oxygen atoms in total. The van der Waals surface area contributed by atoms with E-state index in [0.717, 1.165) is 10.0 Å². The molecule has 0 fully saturated rings. The first-order valence-corrected chi connectivity index (χ1v) is 5.25. The van der Waals surface area contributed by atoms with Crippen LogP contribution < -0.4 is 0 Å². The molecule has 1 N–H and O–H groups in total. The Kier molecular flexibility index (Phi) is 3.00. The van der Waals surface area contributed by atoms with E-state index in [1.54, 1.807) is 0 Å². The highest BCUT2D eigenvalue weighted by atomic mass is 79.9. The van der Waals surface area contributed by atoms with Crippen LogP contribution in [-0.4, -0.2) is 21.2 Å². The van der Waals surface area contributed by atoms with Gasteiger partial charge < -0.3 is 9.63 Å². The van der Waals surface area contributed by atoms with E-state index >= 15 is 0 Å².